The lowest BCUT2D eigenvalue weighted by Gasteiger charge is -2.27. The maximum absolute atomic E-state index is 12.8. The predicted octanol–water partition coefficient (Wildman–Crippen LogP) is -0.154. The Hall–Kier alpha value is -1.53. The van der Waals surface area contributed by atoms with E-state index in [1.807, 2.05) is 0 Å². The van der Waals surface area contributed by atoms with E-state index in [0.29, 0.717) is 18.8 Å². The van der Waals surface area contributed by atoms with Crippen LogP contribution in [0.1, 0.15) is 5.56 Å². The van der Waals surface area contributed by atoms with Gasteiger partial charge in [0.05, 0.1) is 30.9 Å². The normalized spacial score (nSPS) is 16.6. The lowest BCUT2D eigenvalue weighted by molar-refractivity contribution is -0.116. The number of hydrogen-bond acceptors (Lipinski definition) is 6. The molecule has 0 unspecified atom stereocenters. The van der Waals surface area contributed by atoms with Crippen molar-refractivity contribution >= 4 is 31.6 Å². The van der Waals surface area contributed by atoms with Gasteiger partial charge in [-0.1, -0.05) is 6.07 Å². The van der Waals surface area contributed by atoms with Gasteiger partial charge in [0.1, 0.15) is 0 Å². The summed E-state index contributed by atoms with van der Waals surface area (Å²) in [4.78, 5) is 12.1. The van der Waals surface area contributed by atoms with Gasteiger partial charge < -0.3 is 10.1 Å². The van der Waals surface area contributed by atoms with Crippen molar-refractivity contribution in [3.8, 4) is 0 Å². The quantitative estimate of drug-likeness (QED) is 0.704. The Balaban J connectivity index is 2.20. The molecule has 1 amide bonds. The molecule has 0 atom stereocenters. The Morgan fingerprint density at radius 3 is 2.42 bits per heavy atom. The van der Waals surface area contributed by atoms with E-state index >= 15 is 0 Å². The van der Waals surface area contributed by atoms with Crippen LogP contribution in [-0.4, -0.2) is 77.5 Å². The van der Waals surface area contributed by atoms with Gasteiger partial charge in [0.25, 0.3) is 0 Å². The molecule has 1 fully saturated rings. The third-order valence-electron chi connectivity index (χ3n) is 3.99. The Kier molecular flexibility index (Phi) is 6.40. The Labute approximate surface area is 154 Å². The van der Waals surface area contributed by atoms with Crippen molar-refractivity contribution in [2.75, 3.05) is 51.5 Å². The fourth-order valence-electron chi connectivity index (χ4n) is 2.40. The van der Waals surface area contributed by atoms with Crippen LogP contribution in [0.25, 0.3) is 0 Å². The zero-order valence-corrected chi connectivity index (χ0v) is 16.6. The molecule has 0 bridgehead atoms. The number of morpholine rings is 1. The summed E-state index contributed by atoms with van der Waals surface area (Å²) in [6, 6.07) is 4.56. The number of sulfonamides is 2. The summed E-state index contributed by atoms with van der Waals surface area (Å²) in [5.74, 6) is -0.559. The average molecular weight is 405 g/mol. The Bertz CT molecular complexity index is 877. The second kappa shape index (κ2) is 8.01. The van der Waals surface area contributed by atoms with Gasteiger partial charge in [-0.3, -0.25) is 4.79 Å². The standard InChI is InChI=1S/C15H23N3O6S2/c1-12-4-5-13(16-15(19)11-17(2)25(3,20)21)10-14(12)26(22,23)18-6-8-24-9-7-18/h4-5,10H,6-9,11H2,1-3H3,(H,16,19). The fraction of sp³-hybridized carbons (Fsp3) is 0.533. The highest BCUT2D eigenvalue weighted by Gasteiger charge is 2.28. The first kappa shape index (κ1) is 20.8. The number of amides is 1. The van der Waals surface area contributed by atoms with E-state index in [4.69, 9.17) is 4.74 Å². The number of ether oxygens (including phenoxy) is 1. The molecule has 1 aromatic rings. The molecule has 1 aromatic carbocycles. The van der Waals surface area contributed by atoms with Crippen LogP contribution in [0, 0.1) is 6.92 Å². The lowest BCUT2D eigenvalue weighted by Crippen LogP contribution is -2.40. The van der Waals surface area contributed by atoms with E-state index in [1.54, 1.807) is 19.1 Å². The summed E-state index contributed by atoms with van der Waals surface area (Å²) in [5.41, 5.74) is 0.845. The number of benzene rings is 1. The Morgan fingerprint density at radius 1 is 1.23 bits per heavy atom. The number of likely N-dealkylation sites (N-methyl/N-ethyl adjacent to an activating group) is 1. The van der Waals surface area contributed by atoms with Crippen LogP contribution in [0.2, 0.25) is 0 Å². The van der Waals surface area contributed by atoms with Crippen LogP contribution >= 0.6 is 0 Å². The molecule has 0 aliphatic carbocycles. The number of rotatable bonds is 6. The van der Waals surface area contributed by atoms with Crippen molar-refractivity contribution in [1.29, 1.82) is 0 Å². The monoisotopic (exact) mass is 405 g/mol. The van der Waals surface area contributed by atoms with Crippen molar-refractivity contribution in [1.82, 2.24) is 8.61 Å². The summed E-state index contributed by atoms with van der Waals surface area (Å²) >= 11 is 0. The number of nitrogens with zero attached hydrogens (tertiary/aromatic N) is 2. The van der Waals surface area contributed by atoms with Gasteiger partial charge in [-0.15, -0.1) is 0 Å². The summed E-state index contributed by atoms with van der Waals surface area (Å²) in [6.07, 6.45) is 0.999. The first-order valence-corrected chi connectivity index (χ1v) is 11.2. The van der Waals surface area contributed by atoms with Crippen LogP contribution in [0.5, 0.6) is 0 Å². The van der Waals surface area contributed by atoms with E-state index in [1.165, 1.54) is 17.4 Å². The molecule has 11 heteroatoms. The molecular weight excluding hydrogens is 382 g/mol. The number of anilines is 1. The molecule has 2 rings (SSSR count). The molecule has 146 valence electrons. The largest absolute Gasteiger partial charge is 0.379 e. The summed E-state index contributed by atoms with van der Waals surface area (Å²) in [6.45, 7) is 2.54. The zero-order chi connectivity index (χ0) is 19.5. The van der Waals surface area contributed by atoms with E-state index in [2.05, 4.69) is 5.32 Å². The zero-order valence-electron chi connectivity index (χ0n) is 14.9. The van der Waals surface area contributed by atoms with Crippen molar-refractivity contribution in [2.24, 2.45) is 0 Å². The molecule has 0 spiro atoms. The third-order valence-corrected chi connectivity index (χ3v) is 7.29. The van der Waals surface area contributed by atoms with E-state index in [-0.39, 0.29) is 30.2 Å². The maximum Gasteiger partial charge on any atom is 0.243 e. The lowest BCUT2D eigenvalue weighted by atomic mass is 10.2. The minimum atomic E-state index is -3.70. The number of carbonyl (C=O) groups excluding carboxylic acids is 1. The van der Waals surface area contributed by atoms with Gasteiger partial charge in [-0.2, -0.15) is 8.61 Å². The highest BCUT2D eigenvalue weighted by molar-refractivity contribution is 7.89. The SMILES string of the molecule is Cc1ccc(NC(=O)CN(C)S(C)(=O)=O)cc1S(=O)(=O)N1CCOCC1. The fourth-order valence-corrected chi connectivity index (χ4v) is 4.41. The van der Waals surface area contributed by atoms with Crippen LogP contribution in [-0.2, 0) is 29.6 Å². The number of carbonyl (C=O) groups is 1. The summed E-state index contributed by atoms with van der Waals surface area (Å²) in [5, 5.41) is 2.53. The molecule has 9 nitrogen and oxygen atoms in total. The highest BCUT2D eigenvalue weighted by Crippen LogP contribution is 2.24. The molecule has 1 N–H and O–H groups in total. The van der Waals surface area contributed by atoms with Crippen molar-refractivity contribution < 1.29 is 26.4 Å². The van der Waals surface area contributed by atoms with Crippen LogP contribution < -0.4 is 5.32 Å². The van der Waals surface area contributed by atoms with Crippen LogP contribution in [0.4, 0.5) is 5.69 Å². The second-order valence-electron chi connectivity index (χ2n) is 6.06. The predicted molar refractivity (Wildman–Crippen MR) is 96.9 cm³/mol. The molecule has 1 aliphatic heterocycles. The molecule has 1 saturated heterocycles. The summed E-state index contributed by atoms with van der Waals surface area (Å²) < 4.78 is 55.8. The molecule has 1 aliphatic rings. The Morgan fingerprint density at radius 2 is 1.85 bits per heavy atom. The van der Waals surface area contributed by atoms with E-state index < -0.39 is 26.0 Å². The van der Waals surface area contributed by atoms with Crippen molar-refractivity contribution in [3.05, 3.63) is 23.8 Å². The van der Waals surface area contributed by atoms with E-state index in [9.17, 15) is 21.6 Å². The summed E-state index contributed by atoms with van der Waals surface area (Å²) in [7, 11) is -5.90. The first-order valence-electron chi connectivity index (χ1n) is 7.91. The van der Waals surface area contributed by atoms with Gasteiger partial charge in [-0.05, 0) is 24.6 Å². The first-order chi connectivity index (χ1) is 12.0. The molecule has 0 aromatic heterocycles. The number of hydrogen-bond donors (Lipinski definition) is 1. The minimum absolute atomic E-state index is 0.105. The second-order valence-corrected chi connectivity index (χ2v) is 10.1. The highest BCUT2D eigenvalue weighted by atomic mass is 32.2. The van der Waals surface area contributed by atoms with Crippen molar-refractivity contribution in [3.63, 3.8) is 0 Å². The molecule has 0 radical (unpaired) electrons. The molecular formula is C15H23N3O6S2. The van der Waals surface area contributed by atoms with Gasteiger partial charge in [0, 0.05) is 25.8 Å². The topological polar surface area (TPSA) is 113 Å². The molecule has 1 heterocycles. The van der Waals surface area contributed by atoms with Crippen LogP contribution in [0.15, 0.2) is 23.1 Å². The molecule has 0 saturated carbocycles. The van der Waals surface area contributed by atoms with Crippen molar-refractivity contribution in [2.45, 2.75) is 11.8 Å². The van der Waals surface area contributed by atoms with E-state index in [0.717, 1.165) is 10.6 Å². The van der Waals surface area contributed by atoms with Gasteiger partial charge in [-0.25, -0.2) is 16.8 Å². The number of aryl methyl sites for hydroxylation is 1. The number of nitrogens with one attached hydrogen (secondary N) is 1. The maximum atomic E-state index is 12.8. The third kappa shape index (κ3) is 5.01. The van der Waals surface area contributed by atoms with Crippen LogP contribution in [0.3, 0.4) is 0 Å². The van der Waals surface area contributed by atoms with Gasteiger partial charge in [0.15, 0.2) is 0 Å². The minimum Gasteiger partial charge on any atom is -0.379 e. The van der Waals surface area contributed by atoms with Gasteiger partial charge in [0.2, 0.25) is 26.0 Å². The smallest absolute Gasteiger partial charge is 0.243 e. The van der Waals surface area contributed by atoms with Gasteiger partial charge >= 0.3 is 0 Å². The molecule has 26 heavy (non-hydrogen) atoms. The average Bonchev–Trinajstić information content (AvgIpc) is 2.56.